The number of nitro groups is 1. The number of thioether (sulfide) groups is 1. The molecule has 1 fully saturated rings. The number of rotatable bonds is 4. The summed E-state index contributed by atoms with van der Waals surface area (Å²) in [6.07, 6.45) is -1.27. The Morgan fingerprint density at radius 3 is 2.71 bits per heavy atom. The molecule has 116 valence electrons. The highest BCUT2D eigenvalue weighted by Crippen LogP contribution is 2.35. The summed E-state index contributed by atoms with van der Waals surface area (Å²) in [6.45, 7) is 0.525. The molecule has 1 saturated heterocycles. The van der Waals surface area contributed by atoms with E-state index in [1.54, 1.807) is 11.8 Å². The van der Waals surface area contributed by atoms with Gasteiger partial charge >= 0.3 is 6.18 Å². The number of hydrogen-bond acceptors (Lipinski definition) is 4. The second kappa shape index (κ2) is 6.55. The maximum atomic E-state index is 12.6. The third-order valence-electron chi connectivity index (χ3n) is 3.32. The molecule has 1 aromatic carbocycles. The Hall–Kier alpha value is -1.44. The van der Waals surface area contributed by atoms with E-state index in [1.165, 1.54) is 6.42 Å². The van der Waals surface area contributed by atoms with Gasteiger partial charge < -0.3 is 5.32 Å². The van der Waals surface area contributed by atoms with E-state index in [-0.39, 0.29) is 5.69 Å². The maximum Gasteiger partial charge on any atom is 0.416 e. The highest BCUT2D eigenvalue weighted by molar-refractivity contribution is 7.99. The molecule has 0 bridgehead atoms. The highest BCUT2D eigenvalue weighted by Gasteiger charge is 2.33. The van der Waals surface area contributed by atoms with Gasteiger partial charge in [-0.3, -0.25) is 10.1 Å². The van der Waals surface area contributed by atoms with Crippen LogP contribution in [0.4, 0.5) is 24.5 Å². The van der Waals surface area contributed by atoms with Crippen LogP contribution in [0, 0.1) is 10.1 Å². The Kier molecular flexibility index (Phi) is 4.97. The van der Waals surface area contributed by atoms with Crippen molar-refractivity contribution in [2.45, 2.75) is 30.7 Å². The van der Waals surface area contributed by atoms with Crippen LogP contribution in [0.1, 0.15) is 24.8 Å². The van der Waals surface area contributed by atoms with Gasteiger partial charge in [-0.15, -0.1) is 0 Å². The molecule has 4 nitrogen and oxygen atoms in total. The minimum atomic E-state index is -4.58. The second-order valence-corrected chi connectivity index (χ2v) is 6.26. The number of alkyl halides is 3. The number of hydrogen-bond donors (Lipinski definition) is 1. The number of nitro benzene ring substituents is 1. The Bertz CT molecular complexity index is 517. The van der Waals surface area contributed by atoms with E-state index in [9.17, 15) is 23.3 Å². The fraction of sp³-hybridized carbons (Fsp3) is 0.538. The van der Waals surface area contributed by atoms with Gasteiger partial charge in [0, 0.05) is 17.9 Å². The first kappa shape index (κ1) is 15.9. The van der Waals surface area contributed by atoms with Gasteiger partial charge in [-0.1, -0.05) is 6.42 Å². The minimum Gasteiger partial charge on any atom is -0.378 e. The largest absolute Gasteiger partial charge is 0.416 e. The molecule has 1 aromatic rings. The first-order valence-corrected chi connectivity index (χ1v) is 7.64. The molecule has 0 spiro atoms. The number of benzene rings is 1. The zero-order valence-corrected chi connectivity index (χ0v) is 12.0. The normalized spacial score (nSPS) is 19.3. The highest BCUT2D eigenvalue weighted by atomic mass is 32.2. The summed E-state index contributed by atoms with van der Waals surface area (Å²) in [6, 6.07) is 2.58. The lowest BCUT2D eigenvalue weighted by Gasteiger charge is -2.22. The molecule has 1 aliphatic heterocycles. The predicted octanol–water partition coefficient (Wildman–Crippen LogP) is 4.31. The van der Waals surface area contributed by atoms with Crippen molar-refractivity contribution in [1.29, 1.82) is 0 Å². The minimum absolute atomic E-state index is 0.138. The van der Waals surface area contributed by atoms with E-state index in [2.05, 4.69) is 5.32 Å². The van der Waals surface area contributed by atoms with Crippen molar-refractivity contribution in [2.24, 2.45) is 0 Å². The molecule has 1 atom stereocenters. The van der Waals surface area contributed by atoms with E-state index in [0.717, 1.165) is 30.7 Å². The molecule has 0 aliphatic carbocycles. The standard InChI is InChI=1S/C13H15F3N2O2S/c14-13(15,16)9-4-5-11(12(7-9)18(19)20)17-8-10-3-1-2-6-21-10/h4-5,7,10,17H,1-3,6,8H2. The summed E-state index contributed by atoms with van der Waals surface area (Å²) >= 11 is 1.79. The number of halogens is 3. The molecule has 1 unspecified atom stereocenters. The topological polar surface area (TPSA) is 55.2 Å². The quantitative estimate of drug-likeness (QED) is 0.663. The average Bonchev–Trinajstić information content (AvgIpc) is 2.45. The van der Waals surface area contributed by atoms with Crippen LogP contribution >= 0.6 is 11.8 Å². The van der Waals surface area contributed by atoms with E-state index in [0.29, 0.717) is 17.9 Å². The molecular weight excluding hydrogens is 305 g/mol. The lowest BCUT2D eigenvalue weighted by atomic mass is 10.1. The maximum absolute atomic E-state index is 12.6. The molecule has 1 aliphatic rings. The Morgan fingerprint density at radius 2 is 2.14 bits per heavy atom. The first-order valence-electron chi connectivity index (χ1n) is 6.59. The van der Waals surface area contributed by atoms with Gasteiger partial charge in [0.25, 0.3) is 5.69 Å². The van der Waals surface area contributed by atoms with E-state index < -0.39 is 22.4 Å². The average molecular weight is 320 g/mol. The SMILES string of the molecule is O=[N+]([O-])c1cc(C(F)(F)F)ccc1NCC1CCCCS1. The molecular formula is C13H15F3N2O2S. The van der Waals surface area contributed by atoms with Crippen LogP contribution in [0.5, 0.6) is 0 Å². The van der Waals surface area contributed by atoms with Gasteiger partial charge in [-0.05, 0) is 30.7 Å². The predicted molar refractivity (Wildman–Crippen MR) is 76.7 cm³/mol. The lowest BCUT2D eigenvalue weighted by molar-refractivity contribution is -0.384. The lowest BCUT2D eigenvalue weighted by Crippen LogP contribution is -2.20. The van der Waals surface area contributed by atoms with E-state index in [4.69, 9.17) is 0 Å². The van der Waals surface area contributed by atoms with Gasteiger partial charge in [0.05, 0.1) is 10.5 Å². The molecule has 1 heterocycles. The van der Waals surface area contributed by atoms with Crippen LogP contribution in [-0.4, -0.2) is 22.5 Å². The molecule has 0 radical (unpaired) electrons. The fourth-order valence-electron chi connectivity index (χ4n) is 2.20. The molecule has 2 rings (SSSR count). The van der Waals surface area contributed by atoms with E-state index >= 15 is 0 Å². The van der Waals surface area contributed by atoms with Crippen LogP contribution < -0.4 is 5.32 Å². The third kappa shape index (κ3) is 4.26. The van der Waals surface area contributed by atoms with Crippen molar-refractivity contribution in [2.75, 3.05) is 17.6 Å². The summed E-state index contributed by atoms with van der Waals surface area (Å²) in [5, 5.41) is 14.2. The number of anilines is 1. The third-order valence-corrected chi connectivity index (χ3v) is 4.71. The zero-order valence-electron chi connectivity index (χ0n) is 11.2. The van der Waals surface area contributed by atoms with Crippen LogP contribution in [0.2, 0.25) is 0 Å². The monoisotopic (exact) mass is 320 g/mol. The number of nitrogens with zero attached hydrogens (tertiary/aromatic N) is 1. The van der Waals surface area contributed by atoms with Crippen LogP contribution in [0.25, 0.3) is 0 Å². The molecule has 0 aromatic heterocycles. The van der Waals surface area contributed by atoms with Crippen LogP contribution in [-0.2, 0) is 6.18 Å². The summed E-state index contributed by atoms with van der Waals surface area (Å²) in [5.41, 5.74) is -1.41. The van der Waals surface area contributed by atoms with Crippen molar-refractivity contribution in [3.8, 4) is 0 Å². The molecule has 8 heteroatoms. The summed E-state index contributed by atoms with van der Waals surface area (Å²) in [4.78, 5) is 10.2. The Labute approximate surface area is 124 Å². The molecule has 0 saturated carbocycles. The number of nitrogens with one attached hydrogen (secondary N) is 1. The van der Waals surface area contributed by atoms with Gasteiger partial charge in [0.2, 0.25) is 0 Å². The van der Waals surface area contributed by atoms with Crippen molar-refractivity contribution >= 4 is 23.1 Å². The van der Waals surface area contributed by atoms with Crippen molar-refractivity contribution in [1.82, 2.24) is 0 Å². The van der Waals surface area contributed by atoms with Gasteiger partial charge in [-0.25, -0.2) is 0 Å². The van der Waals surface area contributed by atoms with Crippen molar-refractivity contribution < 1.29 is 18.1 Å². The zero-order chi connectivity index (χ0) is 15.5. The smallest absolute Gasteiger partial charge is 0.378 e. The summed E-state index contributed by atoms with van der Waals surface area (Å²) in [5.74, 6) is 1.06. The molecule has 0 amide bonds. The Morgan fingerprint density at radius 1 is 1.38 bits per heavy atom. The molecule has 1 N–H and O–H groups in total. The van der Waals surface area contributed by atoms with Gasteiger partial charge in [0.1, 0.15) is 5.69 Å². The van der Waals surface area contributed by atoms with Crippen LogP contribution in [0.3, 0.4) is 0 Å². The Balaban J connectivity index is 2.12. The fourth-order valence-corrected chi connectivity index (χ4v) is 3.44. The summed E-state index contributed by atoms with van der Waals surface area (Å²) in [7, 11) is 0. The van der Waals surface area contributed by atoms with Gasteiger partial charge in [0.15, 0.2) is 0 Å². The van der Waals surface area contributed by atoms with E-state index in [1.807, 2.05) is 0 Å². The second-order valence-electron chi connectivity index (χ2n) is 4.86. The first-order chi connectivity index (χ1) is 9.88. The van der Waals surface area contributed by atoms with Crippen molar-refractivity contribution in [3.63, 3.8) is 0 Å². The molecule has 21 heavy (non-hydrogen) atoms. The van der Waals surface area contributed by atoms with Crippen molar-refractivity contribution in [3.05, 3.63) is 33.9 Å². The van der Waals surface area contributed by atoms with Crippen LogP contribution in [0.15, 0.2) is 18.2 Å². The summed E-state index contributed by atoms with van der Waals surface area (Å²) < 4.78 is 37.8. The van der Waals surface area contributed by atoms with Gasteiger partial charge in [-0.2, -0.15) is 24.9 Å².